The van der Waals surface area contributed by atoms with E-state index < -0.39 is 0 Å². The van der Waals surface area contributed by atoms with E-state index in [4.69, 9.17) is 11.6 Å². The topological polar surface area (TPSA) is 18.5 Å². The number of rotatable bonds is 4. The normalized spacial score (nSPS) is 13.2. The molecule has 3 rings (SSSR count). The minimum atomic E-state index is 0.758. The zero-order chi connectivity index (χ0) is 14.8. The average Bonchev–Trinajstić information content (AvgIpc) is 2.46. The molecular formula is C16H18ClN3S. The number of para-hydroxylation sites is 1. The molecule has 0 saturated carbocycles. The van der Waals surface area contributed by atoms with Gasteiger partial charge in [0, 0.05) is 27.9 Å². The molecule has 21 heavy (non-hydrogen) atoms. The standard InChI is InChI=1S/C16H18ClN3S/c1-19(2)10-9-18-20-13-5-3-4-6-15(13)21-16-8-7-12(17)11-14(16)20/h3-8,11,18H,9-10H2,1-2H3. The van der Waals surface area contributed by atoms with Crippen LogP contribution in [-0.4, -0.2) is 32.1 Å². The van der Waals surface area contributed by atoms with Crippen LogP contribution >= 0.6 is 23.4 Å². The first kappa shape index (κ1) is 14.7. The van der Waals surface area contributed by atoms with Crippen LogP contribution in [-0.2, 0) is 0 Å². The van der Waals surface area contributed by atoms with Crippen molar-refractivity contribution in [3.05, 3.63) is 47.5 Å². The third-order valence-corrected chi connectivity index (χ3v) is 4.68. The highest BCUT2D eigenvalue weighted by molar-refractivity contribution is 7.99. The highest BCUT2D eigenvalue weighted by Crippen LogP contribution is 2.47. The summed E-state index contributed by atoms with van der Waals surface area (Å²) in [7, 11) is 4.15. The van der Waals surface area contributed by atoms with Crippen LogP contribution in [0.1, 0.15) is 0 Å². The van der Waals surface area contributed by atoms with E-state index >= 15 is 0 Å². The molecule has 2 aromatic carbocycles. The summed E-state index contributed by atoms with van der Waals surface area (Å²) in [5, 5.41) is 2.91. The van der Waals surface area contributed by atoms with Gasteiger partial charge in [0.15, 0.2) is 0 Å². The Bertz CT molecular complexity index is 645. The molecule has 3 nitrogen and oxygen atoms in total. The molecule has 110 valence electrons. The lowest BCUT2D eigenvalue weighted by atomic mass is 10.2. The van der Waals surface area contributed by atoms with Gasteiger partial charge in [0.25, 0.3) is 0 Å². The summed E-state index contributed by atoms with van der Waals surface area (Å²) in [4.78, 5) is 4.64. The Morgan fingerprint density at radius 3 is 2.67 bits per heavy atom. The lowest BCUT2D eigenvalue weighted by molar-refractivity contribution is 0.401. The highest BCUT2D eigenvalue weighted by atomic mass is 35.5. The van der Waals surface area contributed by atoms with Crippen molar-refractivity contribution in [3.8, 4) is 0 Å². The first-order valence-electron chi connectivity index (χ1n) is 6.90. The summed E-state index contributed by atoms with van der Waals surface area (Å²) in [6, 6.07) is 14.5. The Hall–Kier alpha value is -1.20. The van der Waals surface area contributed by atoms with Crippen molar-refractivity contribution in [2.75, 3.05) is 32.2 Å². The predicted octanol–water partition coefficient (Wildman–Crippen LogP) is 4.01. The predicted molar refractivity (Wildman–Crippen MR) is 90.7 cm³/mol. The number of likely N-dealkylation sites (N-methyl/N-ethyl adjacent to an activating group) is 1. The van der Waals surface area contributed by atoms with Crippen molar-refractivity contribution in [2.24, 2.45) is 0 Å². The smallest absolute Gasteiger partial charge is 0.0732 e. The van der Waals surface area contributed by atoms with Gasteiger partial charge >= 0.3 is 0 Å². The van der Waals surface area contributed by atoms with E-state index in [9.17, 15) is 0 Å². The fraction of sp³-hybridized carbons (Fsp3) is 0.250. The van der Waals surface area contributed by atoms with Crippen molar-refractivity contribution in [3.63, 3.8) is 0 Å². The van der Waals surface area contributed by atoms with E-state index in [0.29, 0.717) is 0 Å². The highest BCUT2D eigenvalue weighted by Gasteiger charge is 2.23. The summed E-state index contributed by atoms with van der Waals surface area (Å²) in [6.07, 6.45) is 0. The monoisotopic (exact) mass is 319 g/mol. The third-order valence-electron chi connectivity index (χ3n) is 3.32. The molecule has 1 aliphatic rings. The van der Waals surface area contributed by atoms with E-state index in [1.807, 2.05) is 12.1 Å². The summed E-state index contributed by atoms with van der Waals surface area (Å²) in [6.45, 7) is 1.85. The van der Waals surface area contributed by atoms with Gasteiger partial charge in [0.2, 0.25) is 0 Å². The van der Waals surface area contributed by atoms with Crippen LogP contribution in [0, 0.1) is 0 Å². The Morgan fingerprint density at radius 2 is 1.86 bits per heavy atom. The van der Waals surface area contributed by atoms with Gasteiger partial charge in [-0.1, -0.05) is 35.5 Å². The van der Waals surface area contributed by atoms with Crippen LogP contribution in [0.15, 0.2) is 52.3 Å². The summed E-state index contributed by atoms with van der Waals surface area (Å²) in [5.74, 6) is 0. The van der Waals surface area contributed by atoms with Crippen molar-refractivity contribution in [1.82, 2.24) is 10.3 Å². The molecule has 0 bridgehead atoms. The molecule has 0 spiro atoms. The van der Waals surface area contributed by atoms with Crippen LogP contribution in [0.3, 0.4) is 0 Å². The minimum Gasteiger partial charge on any atom is -0.308 e. The maximum atomic E-state index is 6.18. The van der Waals surface area contributed by atoms with Crippen LogP contribution in [0.4, 0.5) is 11.4 Å². The lowest BCUT2D eigenvalue weighted by Gasteiger charge is -2.33. The fourth-order valence-electron chi connectivity index (χ4n) is 2.28. The van der Waals surface area contributed by atoms with E-state index in [0.717, 1.165) is 23.8 Å². The van der Waals surface area contributed by atoms with Gasteiger partial charge in [0.1, 0.15) is 0 Å². The number of hydrogen-bond acceptors (Lipinski definition) is 4. The number of hydrazine groups is 1. The second-order valence-corrected chi connectivity index (χ2v) is 6.75. The quantitative estimate of drug-likeness (QED) is 0.917. The molecule has 0 radical (unpaired) electrons. The first-order valence-corrected chi connectivity index (χ1v) is 8.09. The second kappa shape index (κ2) is 6.28. The van der Waals surface area contributed by atoms with E-state index in [1.54, 1.807) is 11.8 Å². The van der Waals surface area contributed by atoms with Gasteiger partial charge in [-0.25, -0.2) is 5.43 Å². The second-order valence-electron chi connectivity index (χ2n) is 5.23. The molecule has 5 heteroatoms. The molecule has 0 atom stereocenters. The third kappa shape index (κ3) is 3.19. The van der Waals surface area contributed by atoms with Gasteiger partial charge in [-0.05, 0) is 44.4 Å². The molecule has 0 aliphatic carbocycles. The van der Waals surface area contributed by atoms with Crippen LogP contribution < -0.4 is 10.4 Å². The number of fused-ring (bicyclic) bond motifs is 2. The number of benzene rings is 2. The van der Waals surface area contributed by atoms with Crippen molar-refractivity contribution in [2.45, 2.75) is 9.79 Å². The SMILES string of the molecule is CN(C)CCNN1c2ccccc2Sc2ccc(Cl)cc21. The number of halogens is 1. The Balaban J connectivity index is 1.94. The molecular weight excluding hydrogens is 302 g/mol. The Morgan fingerprint density at radius 1 is 1.10 bits per heavy atom. The number of nitrogens with zero attached hydrogens (tertiary/aromatic N) is 2. The molecule has 2 aromatic rings. The summed E-state index contributed by atoms with van der Waals surface area (Å²) < 4.78 is 0. The lowest BCUT2D eigenvalue weighted by Crippen LogP contribution is -2.39. The number of nitrogens with one attached hydrogen (secondary N) is 1. The van der Waals surface area contributed by atoms with E-state index in [1.165, 1.54) is 15.5 Å². The summed E-state index contributed by atoms with van der Waals surface area (Å²) in [5.41, 5.74) is 5.80. The molecule has 0 aromatic heterocycles. The van der Waals surface area contributed by atoms with Gasteiger partial charge in [-0.3, -0.25) is 5.01 Å². The zero-order valence-electron chi connectivity index (χ0n) is 12.1. The Labute approximate surface area is 134 Å². The zero-order valence-corrected chi connectivity index (χ0v) is 13.7. The van der Waals surface area contributed by atoms with Gasteiger partial charge in [-0.2, -0.15) is 0 Å². The molecule has 0 fully saturated rings. The molecule has 0 saturated heterocycles. The minimum absolute atomic E-state index is 0.758. The van der Waals surface area contributed by atoms with Crippen molar-refractivity contribution < 1.29 is 0 Å². The van der Waals surface area contributed by atoms with Gasteiger partial charge in [-0.15, -0.1) is 0 Å². The van der Waals surface area contributed by atoms with Gasteiger partial charge < -0.3 is 4.90 Å². The number of hydrogen-bond donors (Lipinski definition) is 1. The average molecular weight is 320 g/mol. The molecule has 1 N–H and O–H groups in total. The van der Waals surface area contributed by atoms with Crippen LogP contribution in [0.5, 0.6) is 0 Å². The van der Waals surface area contributed by atoms with Crippen LogP contribution in [0.25, 0.3) is 0 Å². The molecule has 1 heterocycles. The summed E-state index contributed by atoms with van der Waals surface area (Å²) >= 11 is 7.97. The molecule has 0 amide bonds. The Kier molecular flexibility index (Phi) is 4.40. The van der Waals surface area contributed by atoms with E-state index in [2.05, 4.69) is 59.8 Å². The van der Waals surface area contributed by atoms with Gasteiger partial charge in [0.05, 0.1) is 11.4 Å². The number of anilines is 2. The first-order chi connectivity index (χ1) is 10.1. The molecule has 1 aliphatic heterocycles. The maximum absolute atomic E-state index is 6.18. The fourth-order valence-corrected chi connectivity index (χ4v) is 3.49. The van der Waals surface area contributed by atoms with Crippen molar-refractivity contribution in [1.29, 1.82) is 0 Å². The van der Waals surface area contributed by atoms with E-state index in [-0.39, 0.29) is 0 Å². The van der Waals surface area contributed by atoms with Crippen LogP contribution in [0.2, 0.25) is 5.02 Å². The van der Waals surface area contributed by atoms with Crippen molar-refractivity contribution >= 4 is 34.7 Å². The maximum Gasteiger partial charge on any atom is 0.0732 e. The largest absolute Gasteiger partial charge is 0.308 e. The molecule has 0 unspecified atom stereocenters.